The highest BCUT2D eigenvalue weighted by Crippen LogP contribution is 2.25. The monoisotopic (exact) mass is 365 g/mol. The van der Waals surface area contributed by atoms with Crippen molar-refractivity contribution < 1.29 is 8.42 Å². The first kappa shape index (κ1) is 13.7. The van der Waals surface area contributed by atoms with Crippen molar-refractivity contribution in [3.63, 3.8) is 0 Å². The second-order valence-electron chi connectivity index (χ2n) is 2.93. The molecule has 0 fully saturated rings. The Morgan fingerprint density at radius 3 is 2.69 bits per heavy atom. The first-order chi connectivity index (χ1) is 7.47. The molecular formula is C10H9Br2NO2S. The summed E-state index contributed by atoms with van der Waals surface area (Å²) in [5.41, 5.74) is 0. The highest BCUT2D eigenvalue weighted by atomic mass is 79.9. The summed E-state index contributed by atoms with van der Waals surface area (Å²) < 4.78 is 27.3. The summed E-state index contributed by atoms with van der Waals surface area (Å²) >= 11 is 6.42. The van der Waals surface area contributed by atoms with E-state index in [4.69, 9.17) is 6.42 Å². The van der Waals surface area contributed by atoms with Crippen LogP contribution in [0.5, 0.6) is 0 Å². The van der Waals surface area contributed by atoms with Crippen molar-refractivity contribution in [2.24, 2.45) is 0 Å². The smallest absolute Gasteiger partial charge is 0.210 e. The molecule has 0 aliphatic rings. The fraction of sp³-hybridized carbons (Fsp3) is 0.200. The van der Waals surface area contributed by atoms with Gasteiger partial charge in [-0.3, -0.25) is 0 Å². The lowest BCUT2D eigenvalue weighted by Gasteiger charge is -2.07. The number of terminal acetylenes is 1. The molecule has 0 radical (unpaired) electrons. The fourth-order valence-electron chi connectivity index (χ4n) is 1.02. The van der Waals surface area contributed by atoms with Gasteiger partial charge < -0.3 is 0 Å². The van der Waals surface area contributed by atoms with E-state index in [2.05, 4.69) is 42.5 Å². The van der Waals surface area contributed by atoms with Crippen molar-refractivity contribution in [3.05, 3.63) is 27.1 Å². The third kappa shape index (κ3) is 3.59. The molecule has 0 bridgehead atoms. The summed E-state index contributed by atoms with van der Waals surface area (Å²) in [7, 11) is -3.51. The van der Waals surface area contributed by atoms with E-state index in [1.807, 2.05) is 0 Å². The molecule has 6 heteroatoms. The second kappa shape index (κ2) is 5.82. The van der Waals surface area contributed by atoms with Crippen LogP contribution in [-0.2, 0) is 10.0 Å². The molecule has 86 valence electrons. The SMILES string of the molecule is C#CCCNS(=O)(=O)c1cc(Br)ccc1Br. The van der Waals surface area contributed by atoms with E-state index >= 15 is 0 Å². The van der Waals surface area contributed by atoms with Gasteiger partial charge in [-0.25, -0.2) is 13.1 Å². The van der Waals surface area contributed by atoms with Gasteiger partial charge in [0.05, 0.1) is 4.90 Å². The van der Waals surface area contributed by atoms with Crippen LogP contribution in [-0.4, -0.2) is 15.0 Å². The normalized spacial score (nSPS) is 11.1. The molecule has 0 aliphatic carbocycles. The number of benzene rings is 1. The van der Waals surface area contributed by atoms with Crippen LogP contribution in [0, 0.1) is 12.3 Å². The zero-order chi connectivity index (χ0) is 12.2. The Bertz CT molecular complexity index is 520. The van der Waals surface area contributed by atoms with Gasteiger partial charge in [-0.2, -0.15) is 0 Å². The molecule has 1 aromatic carbocycles. The Labute approximate surface area is 112 Å². The largest absolute Gasteiger partial charge is 0.241 e. The number of sulfonamides is 1. The van der Waals surface area contributed by atoms with Gasteiger partial charge in [0.1, 0.15) is 0 Å². The Balaban J connectivity index is 2.99. The van der Waals surface area contributed by atoms with Crippen LogP contribution in [0.25, 0.3) is 0 Å². The Morgan fingerprint density at radius 1 is 1.38 bits per heavy atom. The summed E-state index contributed by atoms with van der Waals surface area (Å²) in [6, 6.07) is 4.95. The zero-order valence-corrected chi connectivity index (χ0v) is 12.2. The molecule has 0 heterocycles. The molecule has 0 saturated carbocycles. The van der Waals surface area contributed by atoms with Crippen LogP contribution >= 0.6 is 31.9 Å². The number of hydrogen-bond acceptors (Lipinski definition) is 2. The predicted octanol–water partition coefficient (Wildman–Crippen LogP) is 2.51. The summed E-state index contributed by atoms with van der Waals surface area (Å²) in [4.78, 5) is 0.193. The minimum absolute atomic E-state index is 0.193. The van der Waals surface area contributed by atoms with Crippen molar-refractivity contribution in [2.75, 3.05) is 6.54 Å². The van der Waals surface area contributed by atoms with E-state index in [0.717, 1.165) is 0 Å². The average molecular weight is 367 g/mol. The second-order valence-corrected chi connectivity index (χ2v) is 6.43. The van der Waals surface area contributed by atoms with E-state index in [9.17, 15) is 8.42 Å². The highest BCUT2D eigenvalue weighted by molar-refractivity contribution is 9.11. The van der Waals surface area contributed by atoms with Crippen LogP contribution in [0.2, 0.25) is 0 Å². The molecule has 0 aliphatic heterocycles. The maximum atomic E-state index is 11.8. The van der Waals surface area contributed by atoms with Gasteiger partial charge in [-0.05, 0) is 34.1 Å². The highest BCUT2D eigenvalue weighted by Gasteiger charge is 2.16. The molecular weight excluding hydrogens is 358 g/mol. The lowest BCUT2D eigenvalue weighted by Crippen LogP contribution is -2.24. The van der Waals surface area contributed by atoms with Gasteiger partial charge in [-0.1, -0.05) is 15.9 Å². The van der Waals surface area contributed by atoms with E-state index in [1.54, 1.807) is 12.1 Å². The number of rotatable bonds is 4. The van der Waals surface area contributed by atoms with Crippen molar-refractivity contribution in [1.82, 2.24) is 4.72 Å². The van der Waals surface area contributed by atoms with Gasteiger partial charge in [0.25, 0.3) is 0 Å². The molecule has 0 unspecified atom stereocenters. The summed E-state index contributed by atoms with van der Waals surface area (Å²) in [5.74, 6) is 2.37. The first-order valence-corrected chi connectivity index (χ1v) is 7.42. The predicted molar refractivity (Wildman–Crippen MR) is 70.5 cm³/mol. The Hall–Kier alpha value is -0.350. The lowest BCUT2D eigenvalue weighted by molar-refractivity contribution is 0.582. The van der Waals surface area contributed by atoms with Crippen molar-refractivity contribution >= 4 is 41.9 Å². The minimum atomic E-state index is -3.51. The Morgan fingerprint density at radius 2 is 2.06 bits per heavy atom. The van der Waals surface area contributed by atoms with Crippen LogP contribution in [0.15, 0.2) is 32.0 Å². The van der Waals surface area contributed by atoms with Crippen molar-refractivity contribution in [3.8, 4) is 12.3 Å². The molecule has 0 amide bonds. The third-order valence-corrected chi connectivity index (χ3v) is 4.69. The number of halogens is 2. The topological polar surface area (TPSA) is 46.2 Å². The first-order valence-electron chi connectivity index (χ1n) is 4.35. The third-order valence-electron chi connectivity index (χ3n) is 1.74. The minimum Gasteiger partial charge on any atom is -0.210 e. The van der Waals surface area contributed by atoms with Gasteiger partial charge in [-0.15, -0.1) is 12.3 Å². The van der Waals surface area contributed by atoms with E-state index in [0.29, 0.717) is 15.4 Å². The zero-order valence-electron chi connectivity index (χ0n) is 8.20. The molecule has 1 N–H and O–H groups in total. The van der Waals surface area contributed by atoms with Crippen LogP contribution < -0.4 is 4.72 Å². The van der Waals surface area contributed by atoms with Crippen LogP contribution in [0.3, 0.4) is 0 Å². The lowest BCUT2D eigenvalue weighted by atomic mass is 10.4. The number of hydrogen-bond donors (Lipinski definition) is 1. The molecule has 16 heavy (non-hydrogen) atoms. The van der Waals surface area contributed by atoms with Gasteiger partial charge in [0.15, 0.2) is 0 Å². The summed E-state index contributed by atoms with van der Waals surface area (Å²) in [5, 5.41) is 0. The fourth-order valence-corrected chi connectivity index (χ4v) is 3.55. The van der Waals surface area contributed by atoms with Crippen molar-refractivity contribution in [1.29, 1.82) is 0 Å². The van der Waals surface area contributed by atoms with E-state index in [-0.39, 0.29) is 11.4 Å². The quantitative estimate of drug-likeness (QED) is 0.657. The molecule has 1 aromatic rings. The van der Waals surface area contributed by atoms with Crippen LogP contribution in [0.4, 0.5) is 0 Å². The molecule has 0 spiro atoms. The maximum absolute atomic E-state index is 11.8. The average Bonchev–Trinajstić information content (AvgIpc) is 2.22. The summed E-state index contributed by atoms with van der Waals surface area (Å²) in [6.45, 7) is 0.234. The van der Waals surface area contributed by atoms with Gasteiger partial charge in [0, 0.05) is 21.9 Å². The molecule has 0 saturated heterocycles. The summed E-state index contributed by atoms with van der Waals surface area (Å²) in [6.07, 6.45) is 5.41. The molecule has 0 aromatic heterocycles. The standard InChI is InChI=1S/C10H9Br2NO2S/c1-2-3-6-13-16(14,15)10-7-8(11)4-5-9(10)12/h1,4-5,7,13H,3,6H2. The Kier molecular flexibility index (Phi) is 4.99. The van der Waals surface area contributed by atoms with Crippen LogP contribution in [0.1, 0.15) is 6.42 Å². The van der Waals surface area contributed by atoms with Crippen molar-refractivity contribution in [2.45, 2.75) is 11.3 Å². The van der Waals surface area contributed by atoms with E-state index in [1.165, 1.54) is 6.07 Å². The molecule has 0 atom stereocenters. The van der Waals surface area contributed by atoms with Gasteiger partial charge >= 0.3 is 0 Å². The molecule has 3 nitrogen and oxygen atoms in total. The van der Waals surface area contributed by atoms with E-state index < -0.39 is 10.0 Å². The molecule has 1 rings (SSSR count). The number of nitrogens with one attached hydrogen (secondary N) is 1. The van der Waals surface area contributed by atoms with Gasteiger partial charge in [0.2, 0.25) is 10.0 Å². The maximum Gasteiger partial charge on any atom is 0.241 e.